The Labute approximate surface area is 151 Å². The molecule has 1 aromatic rings. The topological polar surface area (TPSA) is 44.7 Å². The Morgan fingerprint density at radius 2 is 1.76 bits per heavy atom. The molecule has 2 saturated heterocycles. The zero-order valence-corrected chi connectivity index (χ0v) is 15.5. The van der Waals surface area contributed by atoms with Crippen molar-refractivity contribution in [3.8, 4) is 0 Å². The number of hydrogen-bond donors (Lipinski definition) is 0. The summed E-state index contributed by atoms with van der Waals surface area (Å²) in [6.45, 7) is 9.76. The first kappa shape index (κ1) is 17.2. The Kier molecular flexibility index (Phi) is 5.48. The lowest BCUT2D eigenvalue weighted by molar-refractivity contribution is 0.0530. The third-order valence-corrected chi connectivity index (χ3v) is 6.01. The standard InChI is InChI=1S/C19H31N5O/c1-22-8-10-24(11-9-22)19-17-2-6-23(7-3-18(17)20-15-21-19)14-16-4-12-25-13-5-16/h15-16H,2-14H2,1H3. The number of rotatable bonds is 3. The van der Waals surface area contributed by atoms with Crippen LogP contribution >= 0.6 is 0 Å². The van der Waals surface area contributed by atoms with Crippen LogP contribution in [0.4, 0.5) is 5.82 Å². The minimum Gasteiger partial charge on any atom is -0.381 e. The molecule has 0 bridgehead atoms. The fourth-order valence-electron chi connectivity index (χ4n) is 4.32. The maximum atomic E-state index is 5.51. The third kappa shape index (κ3) is 4.13. The molecular weight excluding hydrogens is 314 g/mol. The summed E-state index contributed by atoms with van der Waals surface area (Å²) in [5.74, 6) is 2.00. The number of ether oxygens (including phenoxy) is 1. The highest BCUT2D eigenvalue weighted by Crippen LogP contribution is 2.25. The second kappa shape index (κ2) is 7.98. The van der Waals surface area contributed by atoms with E-state index >= 15 is 0 Å². The number of hydrogen-bond acceptors (Lipinski definition) is 6. The van der Waals surface area contributed by atoms with Gasteiger partial charge in [0.15, 0.2) is 0 Å². The van der Waals surface area contributed by atoms with E-state index in [0.717, 1.165) is 71.2 Å². The molecule has 4 heterocycles. The Morgan fingerprint density at radius 3 is 2.56 bits per heavy atom. The summed E-state index contributed by atoms with van der Waals surface area (Å²) in [4.78, 5) is 16.8. The van der Waals surface area contributed by atoms with Gasteiger partial charge in [-0.1, -0.05) is 0 Å². The van der Waals surface area contributed by atoms with Crippen LogP contribution < -0.4 is 4.90 Å². The van der Waals surface area contributed by atoms with Crippen LogP contribution in [0.2, 0.25) is 0 Å². The van der Waals surface area contributed by atoms with Crippen LogP contribution in [-0.4, -0.2) is 85.8 Å². The van der Waals surface area contributed by atoms with Crippen molar-refractivity contribution >= 4 is 5.82 Å². The number of aromatic nitrogens is 2. The van der Waals surface area contributed by atoms with Crippen LogP contribution in [0, 0.1) is 5.92 Å². The Hall–Kier alpha value is -1.24. The highest BCUT2D eigenvalue weighted by molar-refractivity contribution is 5.49. The maximum Gasteiger partial charge on any atom is 0.135 e. The lowest BCUT2D eigenvalue weighted by atomic mass is 9.99. The summed E-state index contributed by atoms with van der Waals surface area (Å²) in [7, 11) is 2.20. The number of piperazine rings is 1. The van der Waals surface area contributed by atoms with Crippen molar-refractivity contribution in [3.63, 3.8) is 0 Å². The molecule has 2 fully saturated rings. The van der Waals surface area contributed by atoms with Gasteiger partial charge in [0.25, 0.3) is 0 Å². The van der Waals surface area contributed by atoms with Gasteiger partial charge in [-0.25, -0.2) is 9.97 Å². The van der Waals surface area contributed by atoms with E-state index < -0.39 is 0 Å². The van der Waals surface area contributed by atoms with E-state index in [2.05, 4.69) is 31.7 Å². The highest BCUT2D eigenvalue weighted by atomic mass is 16.5. The zero-order valence-electron chi connectivity index (χ0n) is 15.5. The van der Waals surface area contributed by atoms with Crippen LogP contribution in [0.1, 0.15) is 24.1 Å². The molecule has 138 valence electrons. The van der Waals surface area contributed by atoms with E-state index in [9.17, 15) is 0 Å². The summed E-state index contributed by atoms with van der Waals surface area (Å²) in [6, 6.07) is 0. The van der Waals surface area contributed by atoms with Crippen LogP contribution in [0.5, 0.6) is 0 Å². The van der Waals surface area contributed by atoms with Crippen LogP contribution in [-0.2, 0) is 17.6 Å². The average Bonchev–Trinajstić information content (AvgIpc) is 2.86. The quantitative estimate of drug-likeness (QED) is 0.816. The summed E-state index contributed by atoms with van der Waals surface area (Å²) in [6.07, 6.45) is 6.36. The van der Waals surface area contributed by atoms with Crippen LogP contribution in [0.25, 0.3) is 0 Å². The Morgan fingerprint density at radius 1 is 1.00 bits per heavy atom. The van der Waals surface area contributed by atoms with E-state index in [4.69, 9.17) is 4.74 Å². The second-order valence-electron chi connectivity index (χ2n) is 7.77. The van der Waals surface area contributed by atoms with Crippen LogP contribution in [0.3, 0.4) is 0 Å². The van der Waals surface area contributed by atoms with Gasteiger partial charge in [0.05, 0.1) is 5.69 Å². The van der Waals surface area contributed by atoms with Crippen molar-refractivity contribution in [1.29, 1.82) is 0 Å². The molecular formula is C19H31N5O. The summed E-state index contributed by atoms with van der Waals surface area (Å²) < 4.78 is 5.51. The molecule has 25 heavy (non-hydrogen) atoms. The molecule has 0 amide bonds. The Balaban J connectivity index is 1.43. The number of likely N-dealkylation sites (N-methyl/N-ethyl adjacent to an activating group) is 1. The van der Waals surface area contributed by atoms with E-state index in [0.29, 0.717) is 0 Å². The van der Waals surface area contributed by atoms with E-state index in [1.807, 2.05) is 0 Å². The highest BCUT2D eigenvalue weighted by Gasteiger charge is 2.25. The van der Waals surface area contributed by atoms with E-state index in [1.165, 1.54) is 36.5 Å². The van der Waals surface area contributed by atoms with E-state index in [-0.39, 0.29) is 0 Å². The lowest BCUT2D eigenvalue weighted by Crippen LogP contribution is -2.45. The molecule has 3 aliphatic heterocycles. The van der Waals surface area contributed by atoms with Gasteiger partial charge in [0.2, 0.25) is 0 Å². The molecule has 3 aliphatic rings. The fourth-order valence-corrected chi connectivity index (χ4v) is 4.32. The summed E-state index contributed by atoms with van der Waals surface area (Å²) in [5.41, 5.74) is 2.68. The molecule has 0 unspecified atom stereocenters. The molecule has 1 aromatic heterocycles. The maximum absolute atomic E-state index is 5.51. The molecule has 0 aromatic carbocycles. The minimum absolute atomic E-state index is 0.804. The van der Waals surface area contributed by atoms with Gasteiger partial charge >= 0.3 is 0 Å². The predicted molar refractivity (Wildman–Crippen MR) is 99.1 cm³/mol. The molecule has 0 radical (unpaired) electrons. The van der Waals surface area contributed by atoms with Gasteiger partial charge in [-0.2, -0.15) is 0 Å². The number of fused-ring (bicyclic) bond motifs is 1. The largest absolute Gasteiger partial charge is 0.381 e. The SMILES string of the molecule is CN1CCN(c2ncnc3c2CCN(CC2CCOCC2)CC3)CC1. The first-order valence-electron chi connectivity index (χ1n) is 9.86. The molecule has 0 saturated carbocycles. The van der Waals surface area contributed by atoms with Gasteiger partial charge < -0.3 is 19.4 Å². The second-order valence-corrected chi connectivity index (χ2v) is 7.77. The van der Waals surface area contributed by atoms with Gasteiger partial charge in [-0.05, 0) is 32.2 Å². The average molecular weight is 345 g/mol. The van der Waals surface area contributed by atoms with Crippen molar-refractivity contribution in [2.24, 2.45) is 5.92 Å². The summed E-state index contributed by atoms with van der Waals surface area (Å²) in [5, 5.41) is 0. The molecule has 4 rings (SSSR count). The molecule has 0 aliphatic carbocycles. The van der Waals surface area contributed by atoms with Gasteiger partial charge in [-0.15, -0.1) is 0 Å². The Bertz CT molecular complexity index is 567. The molecule has 6 nitrogen and oxygen atoms in total. The monoisotopic (exact) mass is 345 g/mol. The molecule has 0 N–H and O–H groups in total. The van der Waals surface area contributed by atoms with Crippen molar-refractivity contribution < 1.29 is 4.74 Å². The van der Waals surface area contributed by atoms with Crippen molar-refractivity contribution in [3.05, 3.63) is 17.6 Å². The first-order chi connectivity index (χ1) is 12.3. The fraction of sp³-hybridized carbons (Fsp3) is 0.789. The normalized spacial score (nSPS) is 24.1. The van der Waals surface area contributed by atoms with Crippen molar-refractivity contribution in [2.75, 3.05) is 71.0 Å². The summed E-state index contributed by atoms with van der Waals surface area (Å²) >= 11 is 0. The van der Waals surface area contributed by atoms with Crippen molar-refractivity contribution in [1.82, 2.24) is 19.8 Å². The molecule has 0 atom stereocenters. The van der Waals surface area contributed by atoms with Gasteiger partial charge in [0, 0.05) is 71.0 Å². The van der Waals surface area contributed by atoms with Gasteiger partial charge in [-0.3, -0.25) is 0 Å². The van der Waals surface area contributed by atoms with Crippen LogP contribution in [0.15, 0.2) is 6.33 Å². The molecule has 0 spiro atoms. The lowest BCUT2D eigenvalue weighted by Gasteiger charge is -2.34. The predicted octanol–water partition coefficient (Wildman–Crippen LogP) is 1.06. The van der Waals surface area contributed by atoms with Gasteiger partial charge in [0.1, 0.15) is 12.1 Å². The van der Waals surface area contributed by atoms with E-state index in [1.54, 1.807) is 6.33 Å². The molecule has 6 heteroatoms. The zero-order chi connectivity index (χ0) is 17.1. The number of nitrogens with zero attached hydrogens (tertiary/aromatic N) is 5. The first-order valence-corrected chi connectivity index (χ1v) is 9.86. The minimum atomic E-state index is 0.804. The third-order valence-electron chi connectivity index (χ3n) is 6.01. The smallest absolute Gasteiger partial charge is 0.135 e. The van der Waals surface area contributed by atoms with Crippen molar-refractivity contribution in [2.45, 2.75) is 25.7 Å². The number of anilines is 1.